The first kappa shape index (κ1) is 18.2. The summed E-state index contributed by atoms with van der Waals surface area (Å²) in [6.45, 7) is 4.33. The molecule has 0 radical (unpaired) electrons. The van der Waals surface area contributed by atoms with Gasteiger partial charge in [-0.3, -0.25) is 0 Å². The minimum absolute atomic E-state index is 0.114. The predicted molar refractivity (Wildman–Crippen MR) is 87.1 cm³/mol. The normalized spacial score (nSPS) is 11.1. The highest BCUT2D eigenvalue weighted by molar-refractivity contribution is 6.33. The van der Waals surface area contributed by atoms with Gasteiger partial charge in [0, 0.05) is 12.1 Å². The fraction of sp³-hybridized carbons (Fsp3) is 0.647. The molecule has 0 heterocycles. The lowest BCUT2D eigenvalue weighted by molar-refractivity contribution is 0.521. The predicted octanol–water partition coefficient (Wildman–Crippen LogP) is 6.56. The molecule has 1 rings (SSSR count). The van der Waals surface area contributed by atoms with Gasteiger partial charge in [-0.1, -0.05) is 64.0 Å². The van der Waals surface area contributed by atoms with E-state index in [9.17, 15) is 8.78 Å². The van der Waals surface area contributed by atoms with Crippen LogP contribution < -0.4 is 5.32 Å². The lowest BCUT2D eigenvalue weighted by Gasteiger charge is -2.21. The Balaban J connectivity index is 2.69. The molecule has 0 saturated carbocycles. The monoisotopic (exact) mass is 317 g/mol. The number of benzene rings is 1. The first-order valence-corrected chi connectivity index (χ1v) is 8.37. The van der Waals surface area contributed by atoms with Gasteiger partial charge in [0.1, 0.15) is 5.82 Å². The van der Waals surface area contributed by atoms with Crippen LogP contribution in [0.4, 0.5) is 14.5 Å². The zero-order chi connectivity index (χ0) is 15.7. The van der Waals surface area contributed by atoms with Crippen LogP contribution in [0.1, 0.15) is 65.2 Å². The molecule has 21 heavy (non-hydrogen) atoms. The van der Waals surface area contributed by atoms with Gasteiger partial charge in [-0.05, 0) is 18.9 Å². The zero-order valence-electron chi connectivity index (χ0n) is 13.0. The maximum atomic E-state index is 13.9. The lowest BCUT2D eigenvalue weighted by Crippen LogP contribution is -2.20. The summed E-state index contributed by atoms with van der Waals surface area (Å²) in [4.78, 5) is 0. The number of rotatable bonds is 10. The van der Waals surface area contributed by atoms with Crippen LogP contribution >= 0.6 is 11.6 Å². The molecule has 120 valence electrons. The van der Waals surface area contributed by atoms with Gasteiger partial charge < -0.3 is 5.32 Å². The van der Waals surface area contributed by atoms with Crippen molar-refractivity contribution in [2.45, 2.75) is 71.3 Å². The molecule has 4 heteroatoms. The Morgan fingerprint density at radius 1 is 1.00 bits per heavy atom. The molecular formula is C17H26ClF2N. The van der Waals surface area contributed by atoms with Gasteiger partial charge in [0.25, 0.3) is 0 Å². The van der Waals surface area contributed by atoms with Crippen LogP contribution in [0.15, 0.2) is 12.1 Å². The van der Waals surface area contributed by atoms with Crippen molar-refractivity contribution in [3.05, 3.63) is 28.8 Å². The van der Waals surface area contributed by atoms with Crippen LogP contribution in [0.2, 0.25) is 5.02 Å². The third kappa shape index (κ3) is 6.64. The fourth-order valence-corrected chi connectivity index (χ4v) is 2.70. The van der Waals surface area contributed by atoms with E-state index in [1.807, 2.05) is 0 Å². The topological polar surface area (TPSA) is 12.0 Å². The molecule has 0 unspecified atom stereocenters. The molecule has 0 aromatic heterocycles. The van der Waals surface area contributed by atoms with E-state index in [2.05, 4.69) is 19.2 Å². The van der Waals surface area contributed by atoms with Crippen molar-refractivity contribution in [2.75, 3.05) is 5.32 Å². The molecule has 0 saturated heterocycles. The van der Waals surface area contributed by atoms with E-state index in [1.54, 1.807) is 0 Å². The van der Waals surface area contributed by atoms with Crippen molar-refractivity contribution in [3.63, 3.8) is 0 Å². The van der Waals surface area contributed by atoms with E-state index in [-0.39, 0.29) is 16.8 Å². The van der Waals surface area contributed by atoms with Crippen molar-refractivity contribution >= 4 is 17.3 Å². The highest BCUT2D eigenvalue weighted by atomic mass is 35.5. The SMILES string of the molecule is CCCCCC(CCCCC)Nc1c(F)cc(F)cc1Cl. The summed E-state index contributed by atoms with van der Waals surface area (Å²) in [5.41, 5.74) is 0.232. The molecule has 1 N–H and O–H groups in total. The average molecular weight is 318 g/mol. The number of hydrogen-bond acceptors (Lipinski definition) is 1. The van der Waals surface area contributed by atoms with Crippen molar-refractivity contribution in [2.24, 2.45) is 0 Å². The first-order valence-electron chi connectivity index (χ1n) is 7.99. The van der Waals surface area contributed by atoms with Crippen LogP contribution in [-0.4, -0.2) is 6.04 Å². The van der Waals surface area contributed by atoms with Crippen LogP contribution in [0, 0.1) is 11.6 Å². The molecule has 0 amide bonds. The Labute approximate surface area is 132 Å². The molecule has 1 aromatic rings. The summed E-state index contributed by atoms with van der Waals surface area (Å²) in [6.07, 6.45) is 8.87. The minimum atomic E-state index is -0.642. The van der Waals surface area contributed by atoms with E-state index in [0.717, 1.165) is 50.7 Å². The van der Waals surface area contributed by atoms with Gasteiger partial charge in [0.2, 0.25) is 0 Å². The fourth-order valence-electron chi connectivity index (χ4n) is 2.45. The van der Waals surface area contributed by atoms with Crippen LogP contribution in [0.25, 0.3) is 0 Å². The van der Waals surface area contributed by atoms with E-state index >= 15 is 0 Å². The van der Waals surface area contributed by atoms with E-state index < -0.39 is 11.6 Å². The summed E-state index contributed by atoms with van der Waals surface area (Å²) in [6, 6.07) is 2.23. The largest absolute Gasteiger partial charge is 0.379 e. The zero-order valence-corrected chi connectivity index (χ0v) is 13.8. The molecule has 0 fully saturated rings. The van der Waals surface area contributed by atoms with Crippen molar-refractivity contribution in [3.8, 4) is 0 Å². The van der Waals surface area contributed by atoms with Gasteiger partial charge in [-0.15, -0.1) is 0 Å². The average Bonchev–Trinajstić information content (AvgIpc) is 2.42. The van der Waals surface area contributed by atoms with Crippen LogP contribution in [0.3, 0.4) is 0 Å². The van der Waals surface area contributed by atoms with Crippen molar-refractivity contribution < 1.29 is 8.78 Å². The smallest absolute Gasteiger partial charge is 0.150 e. The Kier molecular flexibility index (Phi) is 8.67. The van der Waals surface area contributed by atoms with Gasteiger partial charge in [0.15, 0.2) is 5.82 Å². The highest BCUT2D eigenvalue weighted by Gasteiger charge is 2.15. The standard InChI is InChI=1S/C17H26ClF2N/c1-3-5-7-9-14(10-8-6-4-2)21-17-15(18)11-13(19)12-16(17)20/h11-12,14,21H,3-10H2,1-2H3. The van der Waals surface area contributed by atoms with Gasteiger partial charge in [0.05, 0.1) is 10.7 Å². The maximum Gasteiger partial charge on any atom is 0.150 e. The highest BCUT2D eigenvalue weighted by Crippen LogP contribution is 2.28. The Hall–Kier alpha value is -0.830. The maximum absolute atomic E-state index is 13.9. The van der Waals surface area contributed by atoms with E-state index in [0.29, 0.717) is 0 Å². The first-order chi connectivity index (χ1) is 10.1. The third-order valence-corrected chi connectivity index (χ3v) is 3.97. The summed E-state index contributed by atoms with van der Waals surface area (Å²) in [7, 11) is 0. The summed E-state index contributed by atoms with van der Waals surface area (Å²) < 4.78 is 27.0. The molecule has 1 aromatic carbocycles. The number of hydrogen-bond donors (Lipinski definition) is 1. The van der Waals surface area contributed by atoms with Gasteiger partial charge in [-0.2, -0.15) is 0 Å². The Bertz CT molecular complexity index is 390. The number of halogens is 3. The van der Waals surface area contributed by atoms with Gasteiger partial charge in [-0.25, -0.2) is 8.78 Å². The van der Waals surface area contributed by atoms with E-state index in [1.165, 1.54) is 12.8 Å². The minimum Gasteiger partial charge on any atom is -0.379 e. The van der Waals surface area contributed by atoms with Crippen LogP contribution in [-0.2, 0) is 0 Å². The van der Waals surface area contributed by atoms with Crippen molar-refractivity contribution in [1.29, 1.82) is 0 Å². The lowest BCUT2D eigenvalue weighted by atomic mass is 10.0. The summed E-state index contributed by atoms with van der Waals surface area (Å²) >= 11 is 5.96. The second kappa shape index (κ2) is 9.99. The molecule has 0 aliphatic carbocycles. The quantitative estimate of drug-likeness (QED) is 0.482. The number of anilines is 1. The molecular weight excluding hydrogens is 292 g/mol. The molecule has 0 bridgehead atoms. The Morgan fingerprint density at radius 3 is 2.05 bits per heavy atom. The number of unbranched alkanes of at least 4 members (excludes halogenated alkanes) is 4. The Morgan fingerprint density at radius 2 is 1.57 bits per heavy atom. The molecule has 1 nitrogen and oxygen atoms in total. The van der Waals surface area contributed by atoms with Crippen molar-refractivity contribution in [1.82, 2.24) is 0 Å². The molecule has 0 atom stereocenters. The summed E-state index contributed by atoms with van der Waals surface area (Å²) in [5.74, 6) is -1.26. The second-order valence-electron chi connectivity index (χ2n) is 5.58. The molecule has 0 aliphatic heterocycles. The van der Waals surface area contributed by atoms with Crippen LogP contribution in [0.5, 0.6) is 0 Å². The van der Waals surface area contributed by atoms with E-state index in [4.69, 9.17) is 11.6 Å². The second-order valence-corrected chi connectivity index (χ2v) is 5.98. The number of nitrogens with one attached hydrogen (secondary N) is 1. The van der Waals surface area contributed by atoms with Gasteiger partial charge >= 0.3 is 0 Å². The third-order valence-electron chi connectivity index (χ3n) is 3.67. The summed E-state index contributed by atoms with van der Waals surface area (Å²) in [5, 5.41) is 3.30. The molecule has 0 aliphatic rings. The molecule has 0 spiro atoms.